The van der Waals surface area contributed by atoms with Crippen molar-refractivity contribution < 1.29 is 116 Å². The number of amides is 4. The smallest absolute Gasteiger partial charge is 0.850 e. The number of hydrogen-bond acceptors (Lipinski definition) is 15. The molecular formula is C80H112KN9O14S3. The third kappa shape index (κ3) is 24.9. The molecule has 23 nitrogen and oxygen atoms in total. The van der Waals surface area contributed by atoms with Gasteiger partial charge in [0.1, 0.15) is 16.9 Å². The van der Waals surface area contributed by atoms with Gasteiger partial charge in [0, 0.05) is 51.1 Å². The Balaban J connectivity index is 0.000000199. The predicted molar refractivity (Wildman–Crippen MR) is 416 cm³/mol. The number of aliphatic imine (C=N–C) groups is 1. The Bertz CT molecular complexity index is 4410. The molecule has 0 unspecified atom stereocenters. The number of hydrogen-bond donors (Lipinski definition) is 7. The molecule has 6 aromatic carbocycles. The van der Waals surface area contributed by atoms with E-state index in [1.807, 2.05) is 127 Å². The van der Waals surface area contributed by atoms with Crippen molar-refractivity contribution in [3.63, 3.8) is 0 Å². The number of nitrogens with two attached hydrogens (primary N) is 3. The maximum absolute atomic E-state index is 12.9. The number of fused-ring (bicyclic) bond motifs is 3. The van der Waals surface area contributed by atoms with Crippen LogP contribution in [0.15, 0.2) is 132 Å². The molecule has 10 N–H and O–H groups in total. The zero-order valence-corrected chi connectivity index (χ0v) is 69.7. The summed E-state index contributed by atoms with van der Waals surface area (Å²) in [7, 11) is -10.5. The molecule has 0 bridgehead atoms. The van der Waals surface area contributed by atoms with Gasteiger partial charge in [-0.2, -0.15) is 12.9 Å². The summed E-state index contributed by atoms with van der Waals surface area (Å²) in [6.07, 6.45) is 13.1. The molecule has 4 aliphatic heterocycles. The molecule has 4 heterocycles. The van der Waals surface area contributed by atoms with Gasteiger partial charge in [-0.25, -0.2) is 25.3 Å². The summed E-state index contributed by atoms with van der Waals surface area (Å²) in [4.78, 5) is 63.9. The zero-order chi connectivity index (χ0) is 77.8. The summed E-state index contributed by atoms with van der Waals surface area (Å²) in [5.41, 5.74) is 14.8. The van der Waals surface area contributed by atoms with Crippen LogP contribution in [0, 0.1) is 35.5 Å². The van der Waals surface area contributed by atoms with Gasteiger partial charge in [0.25, 0.3) is 5.91 Å². The third-order valence-corrected chi connectivity index (χ3v) is 26.2. The molecule has 1 spiro atoms. The van der Waals surface area contributed by atoms with E-state index in [4.69, 9.17) is 32.4 Å². The fourth-order valence-electron chi connectivity index (χ4n) is 14.2. The van der Waals surface area contributed by atoms with Gasteiger partial charge in [-0.05, 0) is 171 Å². The number of amidine groups is 1. The first-order valence-electron chi connectivity index (χ1n) is 37.2. The van der Waals surface area contributed by atoms with E-state index in [0.717, 1.165) is 144 Å². The van der Waals surface area contributed by atoms with Crippen LogP contribution < -0.4 is 84.3 Å². The molecule has 3 saturated heterocycles. The fourth-order valence-corrected chi connectivity index (χ4v) is 18.9. The molecule has 4 amide bonds. The number of carboxylic acids is 1. The number of aryl methyl sites for hydroxylation is 3. The van der Waals surface area contributed by atoms with Crippen molar-refractivity contribution in [3.05, 3.63) is 144 Å². The predicted octanol–water partition coefficient (Wildman–Crippen LogP) is 5.35. The Hall–Kier alpha value is -5.63. The summed E-state index contributed by atoms with van der Waals surface area (Å²) in [5, 5.41) is 39.5. The van der Waals surface area contributed by atoms with Crippen molar-refractivity contribution in [1.29, 1.82) is 0 Å². The minimum absolute atomic E-state index is 0. The topological polar surface area (TPSA) is 375 Å². The van der Waals surface area contributed by atoms with Crippen LogP contribution in [0.5, 0.6) is 0 Å². The Labute approximate surface area is 676 Å². The summed E-state index contributed by atoms with van der Waals surface area (Å²) in [6, 6.07) is 41.5. The number of carboxylic acid groups (broad SMARTS) is 1. The summed E-state index contributed by atoms with van der Waals surface area (Å²) >= 11 is 0. The van der Waals surface area contributed by atoms with E-state index < -0.39 is 75.7 Å². The van der Waals surface area contributed by atoms with Crippen LogP contribution in [0.1, 0.15) is 156 Å². The third-order valence-electron chi connectivity index (χ3n) is 20.9. The molecule has 3 aliphatic carbocycles. The van der Waals surface area contributed by atoms with Crippen LogP contribution in [0.2, 0.25) is 0 Å². The van der Waals surface area contributed by atoms with E-state index in [-0.39, 0.29) is 132 Å². The molecule has 27 heteroatoms. The Morgan fingerprint density at radius 2 is 0.841 bits per heavy atom. The molecule has 0 atom stereocenters. The molecule has 6 aromatic rings. The number of sulfonamides is 3. The SMILES string of the molecule is CC(C)(C)O.CC(C)(C)[O-].CC1CCC(C(=O)NC2(C(N)=O)CN(S(=O)(=O)CCc3cccc4ccccc34)C2)CC1.CC1CCC(C(=O)O)CC1.CC1CCC(C2=NC3(CN(S(=O)(=O)CCc4cccc5ccccc45)C3)C(=O)N2)CC1.NC(=O)C1(N)CN(S(=O)(=O)CCc2cccc3ccccc23)C1.[K+]. The normalized spacial score (nSPS) is 22.6. The number of nitrogens with one attached hydrogen (secondary N) is 2. The van der Waals surface area contributed by atoms with Crippen LogP contribution in [0.4, 0.5) is 0 Å². The molecule has 0 radical (unpaired) electrons. The molecule has 7 aliphatic rings. The Kier molecular flexibility index (Phi) is 31.1. The second kappa shape index (κ2) is 37.6. The molecule has 580 valence electrons. The van der Waals surface area contributed by atoms with Crippen LogP contribution in [-0.2, 0) is 73.3 Å². The standard InChI is InChI=1S/C24H31N3O4S.C24H29N3O3S.C16H19N3O3S.C8H14O2.C4H10O.C4H9O.K/c1-17-9-11-20(12-10-17)22(28)26-24(23(25)29)15-27(16-24)32(30,31)14-13-19-7-4-6-18-5-2-3-8-21(18)19;1-17-9-11-20(12-10-17)22-25-23(28)24(26-22)15-27(16-24)31(29,30)14-13-19-7-4-6-18-5-2-3-8-21(18)19;17-15(20)16(18)10-19(11-16)23(21,22)9-8-13-6-3-5-12-4-1-2-7-14(12)13;1-6-2-4-7(5-3-6)8(9)10;2*1-4(2,3)5;/h2-8,17,20H,9-16H2,1H3,(H2,25,29)(H,26,28);2-8,17,20H,9-16H2,1H3,(H,25,26,28);1-7H,8-11,18H2,(H2,17,20);6-7H,2-5H2,1H3,(H,9,10);5H,1-3H3;1-3H3;/q;;;;;-1;+1. The Morgan fingerprint density at radius 3 is 1.19 bits per heavy atom. The van der Waals surface area contributed by atoms with Crippen molar-refractivity contribution in [1.82, 2.24) is 23.5 Å². The van der Waals surface area contributed by atoms with Gasteiger partial charge in [-0.3, -0.25) is 29.0 Å². The van der Waals surface area contributed by atoms with Crippen LogP contribution in [0.3, 0.4) is 0 Å². The fraction of sp³-hybridized carbons (Fsp3) is 0.550. The van der Waals surface area contributed by atoms with Crippen LogP contribution >= 0.6 is 0 Å². The van der Waals surface area contributed by atoms with Gasteiger partial charge in [0.05, 0.1) is 28.8 Å². The summed E-state index contributed by atoms with van der Waals surface area (Å²) in [6.45, 7) is 16.8. The number of carbonyl (C=O) groups is 5. The maximum atomic E-state index is 12.9. The summed E-state index contributed by atoms with van der Waals surface area (Å²) < 4.78 is 80.3. The number of benzene rings is 6. The maximum Gasteiger partial charge on any atom is 1.00 e. The first-order chi connectivity index (χ1) is 49.6. The quantitative estimate of drug-likeness (QED) is 0.0533. The average molecular weight is 1560 g/mol. The Morgan fingerprint density at radius 1 is 0.523 bits per heavy atom. The number of nitrogens with zero attached hydrogens (tertiary/aromatic N) is 4. The molecular weight excluding hydrogens is 1450 g/mol. The van der Waals surface area contributed by atoms with Crippen LogP contribution in [0.25, 0.3) is 32.3 Å². The van der Waals surface area contributed by atoms with Crippen LogP contribution in [-0.4, -0.2) is 168 Å². The zero-order valence-electron chi connectivity index (χ0n) is 64.1. The average Bonchev–Trinajstić information content (AvgIpc) is 1.59. The summed E-state index contributed by atoms with van der Waals surface area (Å²) in [5.74, 6) is 0.651. The molecule has 0 aromatic heterocycles. The molecule has 6 fully saturated rings. The van der Waals surface area contributed by atoms with Crippen molar-refractivity contribution in [3.8, 4) is 0 Å². The van der Waals surface area contributed by atoms with Crippen molar-refractivity contribution in [2.24, 2.45) is 57.7 Å². The first kappa shape index (κ1) is 88.6. The molecule has 13 rings (SSSR count). The number of aliphatic carboxylic acids is 1. The number of carbonyl (C=O) groups excluding carboxylic acids is 4. The van der Waals surface area contributed by atoms with E-state index >= 15 is 0 Å². The van der Waals surface area contributed by atoms with Gasteiger partial charge in [0.2, 0.25) is 47.8 Å². The van der Waals surface area contributed by atoms with Crippen molar-refractivity contribution >= 4 is 97.8 Å². The first-order valence-corrected chi connectivity index (χ1v) is 42.0. The minimum Gasteiger partial charge on any atom is -0.850 e. The van der Waals surface area contributed by atoms with Gasteiger partial charge in [0.15, 0.2) is 5.54 Å². The van der Waals surface area contributed by atoms with Gasteiger partial charge < -0.3 is 43.2 Å². The van der Waals surface area contributed by atoms with Gasteiger partial charge >= 0.3 is 57.4 Å². The molecule has 3 saturated carbocycles. The van der Waals surface area contributed by atoms with E-state index in [2.05, 4.69) is 31.4 Å². The largest absolute Gasteiger partial charge is 1.00 e. The van der Waals surface area contributed by atoms with E-state index in [0.29, 0.717) is 31.1 Å². The number of rotatable bonds is 18. The second-order valence-corrected chi connectivity index (χ2v) is 38.6. The van der Waals surface area contributed by atoms with Crippen molar-refractivity contribution in [2.75, 3.05) is 56.5 Å². The van der Waals surface area contributed by atoms with Gasteiger partial charge in [-0.15, -0.1) is 5.60 Å². The monoisotopic (exact) mass is 1560 g/mol. The van der Waals surface area contributed by atoms with Crippen molar-refractivity contribution in [2.45, 2.75) is 186 Å². The van der Waals surface area contributed by atoms with E-state index in [1.54, 1.807) is 41.5 Å². The van der Waals surface area contributed by atoms with E-state index in [9.17, 15) is 54.3 Å². The minimum atomic E-state index is -3.59. The number of primary amides is 2. The van der Waals surface area contributed by atoms with E-state index in [1.165, 1.54) is 12.9 Å². The molecule has 107 heavy (non-hydrogen) atoms. The number of aliphatic hydroxyl groups is 1. The van der Waals surface area contributed by atoms with Gasteiger partial charge in [-0.1, -0.05) is 182 Å². The second-order valence-electron chi connectivity index (χ2n) is 32.3.